The molecule has 0 aliphatic carbocycles. The number of hydrogen-bond acceptors (Lipinski definition) is 5. The number of carbonyl (C=O) groups is 2. The Balaban J connectivity index is 1.97. The predicted molar refractivity (Wildman–Crippen MR) is 116 cm³/mol. The number of amides is 2. The van der Waals surface area contributed by atoms with Gasteiger partial charge in [0.25, 0.3) is 11.8 Å². The van der Waals surface area contributed by atoms with Gasteiger partial charge in [0.1, 0.15) is 5.57 Å². The van der Waals surface area contributed by atoms with Crippen molar-refractivity contribution < 1.29 is 19.1 Å². The summed E-state index contributed by atoms with van der Waals surface area (Å²) in [6.07, 6.45) is 2.41. The first-order valence-electron chi connectivity index (χ1n) is 9.29. The molecule has 3 rings (SSSR count). The van der Waals surface area contributed by atoms with Crippen molar-refractivity contribution in [2.75, 3.05) is 18.6 Å². The summed E-state index contributed by atoms with van der Waals surface area (Å²) >= 11 is 5.24. The van der Waals surface area contributed by atoms with Crippen molar-refractivity contribution in [3.8, 4) is 11.5 Å². The Kier molecular flexibility index (Phi) is 6.29. The maximum Gasteiger partial charge on any atom is 0.270 e. The Labute approximate surface area is 175 Å². The summed E-state index contributed by atoms with van der Waals surface area (Å²) in [5.41, 5.74) is 2.38. The highest BCUT2D eigenvalue weighted by molar-refractivity contribution is 7.80. The molecule has 0 atom stereocenters. The summed E-state index contributed by atoms with van der Waals surface area (Å²) in [4.78, 5) is 26.9. The molecule has 2 aromatic carbocycles. The number of methoxy groups -OCH3 is 1. The molecule has 1 N–H and O–H groups in total. The molecule has 29 heavy (non-hydrogen) atoms. The first kappa shape index (κ1) is 20.5. The molecule has 1 saturated heterocycles. The molecular weight excluding hydrogens is 388 g/mol. The number of thiocarbonyl (C=S) groups is 1. The summed E-state index contributed by atoms with van der Waals surface area (Å²) in [5.74, 6) is 0.106. The van der Waals surface area contributed by atoms with Gasteiger partial charge in [-0.1, -0.05) is 25.1 Å². The average molecular weight is 410 g/mol. The van der Waals surface area contributed by atoms with E-state index in [4.69, 9.17) is 21.7 Å². The van der Waals surface area contributed by atoms with Gasteiger partial charge in [-0.05, 0) is 67.0 Å². The van der Waals surface area contributed by atoms with Crippen molar-refractivity contribution in [1.29, 1.82) is 0 Å². The van der Waals surface area contributed by atoms with Gasteiger partial charge >= 0.3 is 0 Å². The largest absolute Gasteiger partial charge is 0.493 e. The van der Waals surface area contributed by atoms with Crippen LogP contribution in [-0.2, 0) is 16.0 Å². The van der Waals surface area contributed by atoms with Crippen LogP contribution in [-0.4, -0.2) is 30.6 Å². The van der Waals surface area contributed by atoms with Gasteiger partial charge in [-0.25, -0.2) is 0 Å². The molecule has 150 valence electrons. The SMILES string of the molecule is CCOc1cc(/C=C2\C(=O)NC(=S)N(c3ccc(CC)cc3)C2=O)ccc1OC. The highest BCUT2D eigenvalue weighted by atomic mass is 32.1. The van der Waals surface area contributed by atoms with Crippen LogP contribution in [0.4, 0.5) is 5.69 Å². The van der Waals surface area contributed by atoms with Crippen molar-refractivity contribution >= 4 is 40.9 Å². The van der Waals surface area contributed by atoms with Crippen LogP contribution in [0.5, 0.6) is 11.5 Å². The number of nitrogens with zero attached hydrogens (tertiary/aromatic N) is 1. The molecule has 0 aromatic heterocycles. The molecule has 1 fully saturated rings. The first-order chi connectivity index (χ1) is 14.0. The Morgan fingerprint density at radius 1 is 1.07 bits per heavy atom. The predicted octanol–water partition coefficient (Wildman–Crippen LogP) is 3.49. The molecule has 2 amide bonds. The second-order valence-electron chi connectivity index (χ2n) is 6.32. The number of benzene rings is 2. The van der Waals surface area contributed by atoms with Gasteiger partial charge in [-0.2, -0.15) is 0 Å². The quantitative estimate of drug-likeness (QED) is 0.449. The average Bonchev–Trinajstić information content (AvgIpc) is 2.72. The van der Waals surface area contributed by atoms with Crippen molar-refractivity contribution in [3.05, 3.63) is 59.2 Å². The molecule has 0 spiro atoms. The minimum absolute atomic E-state index is 0.00853. The third-order valence-electron chi connectivity index (χ3n) is 4.50. The molecule has 0 radical (unpaired) electrons. The van der Waals surface area contributed by atoms with Gasteiger partial charge in [-0.3, -0.25) is 19.8 Å². The molecule has 1 heterocycles. The van der Waals surface area contributed by atoms with Gasteiger partial charge in [0, 0.05) is 0 Å². The second kappa shape index (κ2) is 8.87. The Morgan fingerprint density at radius 2 is 1.79 bits per heavy atom. The molecule has 0 saturated carbocycles. The molecule has 7 heteroatoms. The van der Waals surface area contributed by atoms with Gasteiger partial charge in [0.2, 0.25) is 0 Å². The summed E-state index contributed by atoms with van der Waals surface area (Å²) in [5, 5.41) is 2.65. The Hall–Kier alpha value is -3.19. The van der Waals surface area contributed by atoms with Crippen LogP contribution < -0.4 is 19.7 Å². The fourth-order valence-electron chi connectivity index (χ4n) is 2.99. The summed E-state index contributed by atoms with van der Waals surface area (Å²) < 4.78 is 10.8. The summed E-state index contributed by atoms with van der Waals surface area (Å²) in [6.45, 7) is 4.38. The highest BCUT2D eigenvalue weighted by Crippen LogP contribution is 2.30. The van der Waals surface area contributed by atoms with Crippen LogP contribution in [0.25, 0.3) is 6.08 Å². The van der Waals surface area contributed by atoms with Gasteiger partial charge in [0.15, 0.2) is 16.6 Å². The summed E-state index contributed by atoms with van der Waals surface area (Å²) in [6, 6.07) is 12.7. The van der Waals surface area contributed by atoms with Gasteiger partial charge in [0.05, 0.1) is 19.4 Å². The maximum atomic E-state index is 13.1. The van der Waals surface area contributed by atoms with E-state index in [-0.39, 0.29) is 10.7 Å². The number of anilines is 1. The first-order valence-corrected chi connectivity index (χ1v) is 9.70. The van der Waals surface area contributed by atoms with Crippen molar-refractivity contribution in [2.24, 2.45) is 0 Å². The number of hydrogen-bond donors (Lipinski definition) is 1. The van der Waals surface area contributed by atoms with Crippen molar-refractivity contribution in [2.45, 2.75) is 20.3 Å². The smallest absolute Gasteiger partial charge is 0.270 e. The maximum absolute atomic E-state index is 13.1. The van der Waals surface area contributed by atoms with E-state index < -0.39 is 11.8 Å². The van der Waals surface area contributed by atoms with E-state index in [9.17, 15) is 9.59 Å². The van der Waals surface area contributed by atoms with Crippen molar-refractivity contribution in [1.82, 2.24) is 5.32 Å². The van der Waals surface area contributed by atoms with Crippen LogP contribution in [0.1, 0.15) is 25.0 Å². The van der Waals surface area contributed by atoms with Crippen LogP contribution in [0.15, 0.2) is 48.0 Å². The van der Waals surface area contributed by atoms with Crippen LogP contribution in [0.2, 0.25) is 0 Å². The van der Waals surface area contributed by atoms with Crippen molar-refractivity contribution in [3.63, 3.8) is 0 Å². The lowest BCUT2D eigenvalue weighted by Crippen LogP contribution is -2.54. The normalized spacial score (nSPS) is 15.5. The molecular formula is C22H22N2O4S. The fraction of sp³-hybridized carbons (Fsp3) is 0.227. The minimum Gasteiger partial charge on any atom is -0.493 e. The zero-order valence-electron chi connectivity index (χ0n) is 16.5. The molecule has 0 unspecified atom stereocenters. The molecule has 2 aromatic rings. The number of nitrogens with one attached hydrogen (secondary N) is 1. The third-order valence-corrected chi connectivity index (χ3v) is 4.79. The lowest BCUT2D eigenvalue weighted by atomic mass is 10.1. The molecule has 6 nitrogen and oxygen atoms in total. The lowest BCUT2D eigenvalue weighted by molar-refractivity contribution is -0.122. The van der Waals surface area contributed by atoms with E-state index in [0.717, 1.165) is 12.0 Å². The van der Waals surface area contributed by atoms with Crippen LogP contribution in [0.3, 0.4) is 0 Å². The van der Waals surface area contributed by atoms with Gasteiger partial charge < -0.3 is 9.47 Å². The van der Waals surface area contributed by atoms with Crippen LogP contribution in [0, 0.1) is 0 Å². The monoisotopic (exact) mass is 410 g/mol. The number of rotatable bonds is 6. The second-order valence-corrected chi connectivity index (χ2v) is 6.71. The topological polar surface area (TPSA) is 67.9 Å². The Bertz CT molecular complexity index is 983. The van der Waals surface area contributed by atoms with E-state index >= 15 is 0 Å². The van der Waals surface area contributed by atoms with E-state index in [1.165, 1.54) is 11.0 Å². The lowest BCUT2D eigenvalue weighted by Gasteiger charge is -2.29. The number of carbonyl (C=O) groups excluding carboxylic acids is 2. The molecule has 1 aliphatic rings. The molecule has 0 bridgehead atoms. The third kappa shape index (κ3) is 4.30. The van der Waals surface area contributed by atoms with E-state index in [1.807, 2.05) is 31.2 Å². The fourth-order valence-corrected chi connectivity index (χ4v) is 3.27. The highest BCUT2D eigenvalue weighted by Gasteiger charge is 2.34. The van der Waals surface area contributed by atoms with Gasteiger partial charge in [-0.15, -0.1) is 0 Å². The summed E-state index contributed by atoms with van der Waals surface area (Å²) in [7, 11) is 1.55. The van der Waals surface area contributed by atoms with E-state index in [1.54, 1.807) is 25.3 Å². The minimum atomic E-state index is -0.532. The zero-order valence-corrected chi connectivity index (χ0v) is 17.3. The zero-order chi connectivity index (χ0) is 21.0. The van der Waals surface area contributed by atoms with E-state index in [2.05, 4.69) is 12.2 Å². The van der Waals surface area contributed by atoms with E-state index in [0.29, 0.717) is 29.4 Å². The number of ether oxygens (including phenoxy) is 2. The number of aryl methyl sites for hydroxylation is 1. The Morgan fingerprint density at radius 3 is 2.41 bits per heavy atom. The molecule has 1 aliphatic heterocycles. The van der Waals surface area contributed by atoms with Crippen LogP contribution >= 0.6 is 12.2 Å². The standard InChI is InChI=1S/C22H22N2O4S/c1-4-14-6-9-16(10-7-14)24-21(26)17(20(25)23-22(24)29)12-15-8-11-18(27-3)19(13-15)28-5-2/h6-13H,4-5H2,1-3H3,(H,23,25,29)/b17-12+.